The molecule has 0 N–H and O–H groups in total. The Kier molecular flexibility index (Phi) is 11.7. The molecule has 31 heavy (non-hydrogen) atoms. The van der Waals surface area contributed by atoms with Crippen LogP contribution in [0.4, 0.5) is 0 Å². The second kappa shape index (κ2) is 14.5. The molecule has 0 aromatic heterocycles. The minimum absolute atomic E-state index is 0.276. The van der Waals surface area contributed by atoms with Crippen molar-refractivity contribution in [2.24, 2.45) is 23.7 Å². The second-order valence-electron chi connectivity index (χ2n) is 11.0. The second-order valence-corrected chi connectivity index (χ2v) is 11.0. The quantitative estimate of drug-likeness (QED) is 0.296. The monoisotopic (exact) mass is 431 g/mol. The maximum atomic E-state index is 9.03. The molecule has 0 aromatic rings. The molecule has 0 atom stereocenters. The highest BCUT2D eigenvalue weighted by atomic mass is 16.5. The zero-order chi connectivity index (χ0) is 21.7. The van der Waals surface area contributed by atoms with Crippen LogP contribution in [0, 0.1) is 35.0 Å². The Hall–Kier alpha value is -0.590. The summed E-state index contributed by atoms with van der Waals surface area (Å²) in [4.78, 5) is 0. The van der Waals surface area contributed by atoms with Gasteiger partial charge in [-0.25, -0.2) is 0 Å². The molecule has 0 saturated heterocycles. The molecular formula is C28H49NO2. The van der Waals surface area contributed by atoms with Crippen molar-refractivity contribution in [3.8, 4) is 6.07 Å². The summed E-state index contributed by atoms with van der Waals surface area (Å²) in [6.07, 6.45) is 24.4. The van der Waals surface area contributed by atoms with Gasteiger partial charge in [-0.3, -0.25) is 0 Å². The van der Waals surface area contributed by atoms with E-state index in [2.05, 4.69) is 13.0 Å². The fraction of sp³-hybridized carbons (Fsp3) is 0.964. The van der Waals surface area contributed by atoms with E-state index in [-0.39, 0.29) is 5.92 Å². The lowest BCUT2D eigenvalue weighted by Gasteiger charge is -2.33. The first-order valence-electron chi connectivity index (χ1n) is 13.9. The van der Waals surface area contributed by atoms with E-state index in [1.165, 1.54) is 89.9 Å². The summed E-state index contributed by atoms with van der Waals surface area (Å²) in [6.45, 7) is 4.24. The van der Waals surface area contributed by atoms with Gasteiger partial charge in [0.15, 0.2) is 0 Å². The van der Waals surface area contributed by atoms with Crippen LogP contribution in [-0.4, -0.2) is 25.4 Å². The van der Waals surface area contributed by atoms with Gasteiger partial charge in [0.1, 0.15) is 0 Å². The van der Waals surface area contributed by atoms with Gasteiger partial charge in [-0.15, -0.1) is 0 Å². The van der Waals surface area contributed by atoms with Crippen LogP contribution in [0.25, 0.3) is 0 Å². The van der Waals surface area contributed by atoms with Crippen LogP contribution in [0.3, 0.4) is 0 Å². The number of rotatable bonds is 12. The molecule has 3 saturated carbocycles. The summed E-state index contributed by atoms with van der Waals surface area (Å²) >= 11 is 0. The van der Waals surface area contributed by atoms with Gasteiger partial charge in [0.2, 0.25) is 0 Å². The maximum absolute atomic E-state index is 9.03. The lowest BCUT2D eigenvalue weighted by Crippen LogP contribution is -2.29. The Balaban J connectivity index is 1.18. The van der Waals surface area contributed by atoms with Crippen molar-refractivity contribution in [3.63, 3.8) is 0 Å². The zero-order valence-electron chi connectivity index (χ0n) is 20.4. The Bertz CT molecular complexity index is 492. The van der Waals surface area contributed by atoms with Crippen LogP contribution in [0.2, 0.25) is 0 Å². The molecule has 3 rings (SSSR count). The Labute approximate surface area is 192 Å². The molecule has 0 bridgehead atoms. The Morgan fingerprint density at radius 3 is 1.65 bits per heavy atom. The molecule has 0 unspecified atom stereocenters. The van der Waals surface area contributed by atoms with E-state index in [1.54, 1.807) is 0 Å². The third kappa shape index (κ3) is 9.43. The first-order chi connectivity index (χ1) is 15.3. The zero-order valence-corrected chi connectivity index (χ0v) is 20.4. The van der Waals surface area contributed by atoms with Crippen molar-refractivity contribution >= 4 is 0 Å². The molecule has 3 aliphatic rings. The molecule has 0 heterocycles. The van der Waals surface area contributed by atoms with Crippen molar-refractivity contribution in [1.82, 2.24) is 0 Å². The van der Waals surface area contributed by atoms with Crippen molar-refractivity contribution in [2.45, 2.75) is 135 Å². The van der Waals surface area contributed by atoms with E-state index in [0.29, 0.717) is 12.2 Å². The topological polar surface area (TPSA) is 42.2 Å². The SMILES string of the molecule is CCCCCCCC1CCC(COC2CCC(COC3CCC(C#N)CC3)CC2)CC1. The molecule has 0 radical (unpaired) electrons. The standard InChI is InChI=1S/C28H49NO2/c1-2-3-4-5-6-7-23-8-10-25(11-9-23)21-30-28-18-14-26(15-19-28)22-31-27-16-12-24(20-29)13-17-27/h23-28H,2-19,21-22H2,1H3. The van der Waals surface area contributed by atoms with Gasteiger partial charge in [-0.05, 0) is 82.0 Å². The van der Waals surface area contributed by atoms with Gasteiger partial charge in [0.05, 0.1) is 18.3 Å². The van der Waals surface area contributed by atoms with Gasteiger partial charge in [-0.2, -0.15) is 5.26 Å². The third-order valence-electron chi connectivity index (χ3n) is 8.47. The van der Waals surface area contributed by atoms with E-state index >= 15 is 0 Å². The molecule has 3 aliphatic carbocycles. The number of nitriles is 1. The summed E-state index contributed by atoms with van der Waals surface area (Å²) in [5.41, 5.74) is 0. The minimum Gasteiger partial charge on any atom is -0.378 e. The predicted molar refractivity (Wildman–Crippen MR) is 128 cm³/mol. The highest BCUT2D eigenvalue weighted by Gasteiger charge is 2.27. The average Bonchev–Trinajstić information content (AvgIpc) is 2.83. The van der Waals surface area contributed by atoms with Crippen LogP contribution in [0.15, 0.2) is 0 Å². The van der Waals surface area contributed by atoms with Crippen LogP contribution < -0.4 is 0 Å². The molecule has 178 valence electrons. The number of hydrogen-bond donors (Lipinski definition) is 0. The van der Waals surface area contributed by atoms with Crippen LogP contribution in [0.1, 0.15) is 122 Å². The first-order valence-corrected chi connectivity index (χ1v) is 13.9. The molecule has 0 aromatic carbocycles. The van der Waals surface area contributed by atoms with Crippen LogP contribution in [0.5, 0.6) is 0 Å². The highest BCUT2D eigenvalue weighted by Crippen LogP contribution is 2.34. The number of nitrogens with zero attached hydrogens (tertiary/aromatic N) is 1. The molecular weight excluding hydrogens is 382 g/mol. The minimum atomic E-state index is 0.276. The third-order valence-corrected chi connectivity index (χ3v) is 8.47. The summed E-state index contributed by atoms with van der Waals surface area (Å²) in [5, 5.41) is 9.03. The van der Waals surface area contributed by atoms with Gasteiger partial charge in [-0.1, -0.05) is 58.3 Å². The van der Waals surface area contributed by atoms with Gasteiger partial charge < -0.3 is 9.47 Å². The smallest absolute Gasteiger partial charge is 0.0655 e. The van der Waals surface area contributed by atoms with E-state index < -0.39 is 0 Å². The maximum Gasteiger partial charge on any atom is 0.0655 e. The van der Waals surface area contributed by atoms with Crippen LogP contribution >= 0.6 is 0 Å². The number of ether oxygens (including phenoxy) is 2. The fourth-order valence-corrected chi connectivity index (χ4v) is 6.09. The van der Waals surface area contributed by atoms with E-state index in [1.807, 2.05) is 0 Å². The lowest BCUT2D eigenvalue weighted by atomic mass is 9.80. The molecule has 0 spiro atoms. The fourth-order valence-electron chi connectivity index (χ4n) is 6.09. The summed E-state index contributed by atoms with van der Waals surface area (Å²) < 4.78 is 12.6. The van der Waals surface area contributed by atoms with Gasteiger partial charge >= 0.3 is 0 Å². The molecule has 3 fully saturated rings. The first kappa shape index (κ1) is 25.0. The van der Waals surface area contributed by atoms with E-state index in [9.17, 15) is 0 Å². The summed E-state index contributed by atoms with van der Waals surface area (Å²) in [7, 11) is 0. The highest BCUT2D eigenvalue weighted by molar-refractivity contribution is 4.87. The number of unbranched alkanes of at least 4 members (excludes halogenated alkanes) is 4. The summed E-state index contributed by atoms with van der Waals surface area (Å²) in [6, 6.07) is 2.42. The molecule has 0 aliphatic heterocycles. The average molecular weight is 432 g/mol. The largest absolute Gasteiger partial charge is 0.378 e. The van der Waals surface area contributed by atoms with Crippen molar-refractivity contribution in [1.29, 1.82) is 5.26 Å². The molecule has 3 heteroatoms. The predicted octanol–water partition coefficient (Wildman–Crippen LogP) is 7.83. The van der Waals surface area contributed by atoms with Crippen molar-refractivity contribution in [2.75, 3.05) is 13.2 Å². The normalized spacial score (nSPS) is 34.3. The lowest BCUT2D eigenvalue weighted by molar-refractivity contribution is -0.0358. The van der Waals surface area contributed by atoms with Crippen molar-refractivity contribution < 1.29 is 9.47 Å². The Morgan fingerprint density at radius 1 is 0.613 bits per heavy atom. The van der Waals surface area contributed by atoms with Crippen LogP contribution in [-0.2, 0) is 9.47 Å². The summed E-state index contributed by atoms with van der Waals surface area (Å²) in [5.74, 6) is 2.82. The molecule has 0 amide bonds. The van der Waals surface area contributed by atoms with Gasteiger partial charge in [0, 0.05) is 19.1 Å². The van der Waals surface area contributed by atoms with E-state index in [4.69, 9.17) is 14.7 Å². The van der Waals surface area contributed by atoms with Gasteiger partial charge in [0.25, 0.3) is 0 Å². The van der Waals surface area contributed by atoms with Crippen molar-refractivity contribution in [3.05, 3.63) is 0 Å². The Morgan fingerprint density at radius 2 is 1.10 bits per heavy atom. The molecule has 3 nitrogen and oxygen atoms in total. The number of hydrogen-bond acceptors (Lipinski definition) is 3. The van der Waals surface area contributed by atoms with E-state index in [0.717, 1.165) is 56.7 Å².